The van der Waals surface area contributed by atoms with Gasteiger partial charge in [-0.3, -0.25) is 0 Å². The molecule has 0 amide bonds. The highest BCUT2D eigenvalue weighted by Crippen LogP contribution is 2.09. The van der Waals surface area contributed by atoms with Gasteiger partial charge in [-0.2, -0.15) is 0 Å². The molecule has 48 valence electrons. The number of nitrogen functional groups attached to an aromatic ring is 1. The molecule has 0 saturated carbocycles. The number of aryl methyl sites for hydroxylation is 1. The first kappa shape index (κ1) is 6.36. The monoisotopic (exact) mass is 142 g/mol. The molecule has 0 aliphatic heterocycles. The van der Waals surface area contributed by atoms with Crippen LogP contribution in [0.4, 0.5) is 5.82 Å². The highest BCUT2D eigenvalue weighted by Gasteiger charge is 1.91. The summed E-state index contributed by atoms with van der Waals surface area (Å²) in [7, 11) is 0. The first-order valence-corrected chi connectivity index (χ1v) is 2.96. The summed E-state index contributed by atoms with van der Waals surface area (Å²) in [6.07, 6.45) is 0. The van der Waals surface area contributed by atoms with E-state index in [0.717, 1.165) is 5.56 Å². The van der Waals surface area contributed by atoms with Gasteiger partial charge in [-0.1, -0.05) is 11.6 Å². The minimum atomic E-state index is 0.451. The highest BCUT2D eigenvalue weighted by atomic mass is 35.5. The number of hydrogen-bond acceptors (Lipinski definition) is 2. The molecule has 1 rings (SSSR count). The van der Waals surface area contributed by atoms with Crippen molar-refractivity contribution in [3.63, 3.8) is 0 Å². The number of anilines is 1. The molecule has 0 spiro atoms. The van der Waals surface area contributed by atoms with Gasteiger partial charge in [0.25, 0.3) is 0 Å². The maximum absolute atomic E-state index is 5.56. The maximum atomic E-state index is 5.56. The van der Waals surface area contributed by atoms with Gasteiger partial charge < -0.3 is 5.73 Å². The fourth-order valence-corrected chi connectivity index (χ4v) is 0.920. The Labute approximate surface area is 58.7 Å². The smallest absolute Gasteiger partial charge is 0.131 e. The fraction of sp³-hybridized carbons (Fsp3) is 0.167. The maximum Gasteiger partial charge on any atom is 0.131 e. The highest BCUT2D eigenvalue weighted by molar-refractivity contribution is 6.29. The van der Waals surface area contributed by atoms with Crippen molar-refractivity contribution in [2.75, 3.05) is 5.73 Å². The first-order valence-electron chi connectivity index (χ1n) is 2.58. The van der Waals surface area contributed by atoms with Crippen LogP contribution in [0.15, 0.2) is 12.1 Å². The molecule has 0 aliphatic rings. The lowest BCUT2D eigenvalue weighted by molar-refractivity contribution is 1.29. The standard InChI is InChI=1S/C6H7ClN2/c1-4-2-5(7)9-6(8)3-4/h2-3H,1H3,(H2,8,9). The van der Waals surface area contributed by atoms with Crippen LogP contribution in [0.1, 0.15) is 5.56 Å². The third-order valence-corrected chi connectivity index (χ3v) is 1.15. The molecule has 3 heteroatoms. The molecule has 2 nitrogen and oxygen atoms in total. The normalized spacial score (nSPS) is 9.56. The molecule has 0 aliphatic carbocycles. The van der Waals surface area contributed by atoms with Crippen molar-refractivity contribution in [2.24, 2.45) is 0 Å². The number of nitrogens with two attached hydrogens (primary N) is 1. The largest absolute Gasteiger partial charge is 0.384 e. The summed E-state index contributed by atoms with van der Waals surface area (Å²) in [5, 5.41) is 0.451. The van der Waals surface area contributed by atoms with Crippen LogP contribution in [0.25, 0.3) is 0 Å². The predicted molar refractivity (Wildman–Crippen MR) is 38.4 cm³/mol. The Morgan fingerprint density at radius 2 is 2.22 bits per heavy atom. The van der Waals surface area contributed by atoms with Crippen LogP contribution >= 0.6 is 11.6 Å². The molecule has 0 aromatic carbocycles. The summed E-state index contributed by atoms with van der Waals surface area (Å²) in [6.45, 7) is 1.92. The lowest BCUT2D eigenvalue weighted by Crippen LogP contribution is -1.89. The number of rotatable bonds is 0. The van der Waals surface area contributed by atoms with Gasteiger partial charge >= 0.3 is 0 Å². The van der Waals surface area contributed by atoms with Gasteiger partial charge in [-0.25, -0.2) is 4.98 Å². The third kappa shape index (κ3) is 1.57. The second-order valence-corrected chi connectivity index (χ2v) is 2.28. The van der Waals surface area contributed by atoms with Crippen LogP contribution < -0.4 is 5.73 Å². The Morgan fingerprint density at radius 1 is 1.56 bits per heavy atom. The van der Waals surface area contributed by atoms with Gasteiger partial charge in [0.1, 0.15) is 11.0 Å². The second kappa shape index (κ2) is 2.23. The van der Waals surface area contributed by atoms with E-state index in [-0.39, 0.29) is 0 Å². The molecule has 1 aromatic heterocycles. The van der Waals surface area contributed by atoms with E-state index in [4.69, 9.17) is 17.3 Å². The number of halogens is 1. The zero-order valence-corrected chi connectivity index (χ0v) is 5.81. The molecule has 0 bridgehead atoms. The topological polar surface area (TPSA) is 38.9 Å². The zero-order chi connectivity index (χ0) is 6.85. The van der Waals surface area contributed by atoms with E-state index in [9.17, 15) is 0 Å². The summed E-state index contributed by atoms with van der Waals surface area (Å²) >= 11 is 5.56. The minimum absolute atomic E-state index is 0.451. The SMILES string of the molecule is Cc1cc(N)nc(Cl)c1. The molecule has 0 atom stereocenters. The summed E-state index contributed by atoms with van der Waals surface area (Å²) in [5.74, 6) is 0.472. The van der Waals surface area contributed by atoms with Crippen molar-refractivity contribution in [1.82, 2.24) is 4.98 Å². The zero-order valence-electron chi connectivity index (χ0n) is 5.06. The van der Waals surface area contributed by atoms with Crippen LogP contribution in [0.3, 0.4) is 0 Å². The Hall–Kier alpha value is -0.760. The molecule has 1 aromatic rings. The molecule has 1 heterocycles. The first-order chi connectivity index (χ1) is 4.18. The fourth-order valence-electron chi connectivity index (χ4n) is 0.651. The number of hydrogen-bond donors (Lipinski definition) is 1. The minimum Gasteiger partial charge on any atom is -0.384 e. The van der Waals surface area contributed by atoms with E-state index < -0.39 is 0 Å². The molecule has 0 unspecified atom stereocenters. The molecule has 9 heavy (non-hydrogen) atoms. The molecule has 0 radical (unpaired) electrons. The number of pyridine rings is 1. The summed E-state index contributed by atoms with van der Waals surface area (Å²) in [6, 6.07) is 3.53. The summed E-state index contributed by atoms with van der Waals surface area (Å²) in [4.78, 5) is 3.78. The van der Waals surface area contributed by atoms with Gasteiger partial charge in [0.15, 0.2) is 0 Å². The third-order valence-electron chi connectivity index (χ3n) is 0.958. The van der Waals surface area contributed by atoms with Gasteiger partial charge in [-0.05, 0) is 24.6 Å². The number of nitrogens with zero attached hydrogens (tertiary/aromatic N) is 1. The molecular weight excluding hydrogens is 136 g/mol. The van der Waals surface area contributed by atoms with E-state index in [0.29, 0.717) is 11.0 Å². The molecule has 0 fully saturated rings. The van der Waals surface area contributed by atoms with E-state index in [1.807, 2.05) is 6.92 Å². The average Bonchev–Trinajstić information content (AvgIpc) is 1.59. The molecule has 2 N–H and O–H groups in total. The lowest BCUT2D eigenvalue weighted by Gasteiger charge is -1.94. The van der Waals surface area contributed by atoms with E-state index >= 15 is 0 Å². The van der Waals surface area contributed by atoms with Gasteiger partial charge in [0, 0.05) is 0 Å². The Morgan fingerprint density at radius 3 is 2.67 bits per heavy atom. The molecular formula is C6H7ClN2. The van der Waals surface area contributed by atoms with Crippen molar-refractivity contribution in [3.8, 4) is 0 Å². The van der Waals surface area contributed by atoms with E-state index in [1.54, 1.807) is 12.1 Å². The molecule has 0 saturated heterocycles. The van der Waals surface area contributed by atoms with Crippen LogP contribution in [-0.2, 0) is 0 Å². The van der Waals surface area contributed by atoms with E-state index in [2.05, 4.69) is 4.98 Å². The number of aromatic nitrogens is 1. The average molecular weight is 143 g/mol. The summed E-state index contributed by atoms with van der Waals surface area (Å²) < 4.78 is 0. The lowest BCUT2D eigenvalue weighted by atomic mass is 10.3. The van der Waals surface area contributed by atoms with E-state index in [1.165, 1.54) is 0 Å². The van der Waals surface area contributed by atoms with Crippen LogP contribution in [0.2, 0.25) is 5.15 Å². The van der Waals surface area contributed by atoms with Gasteiger partial charge in [0.2, 0.25) is 0 Å². The van der Waals surface area contributed by atoms with Crippen molar-refractivity contribution in [3.05, 3.63) is 22.8 Å². The van der Waals surface area contributed by atoms with Crippen molar-refractivity contribution in [1.29, 1.82) is 0 Å². The predicted octanol–water partition coefficient (Wildman–Crippen LogP) is 1.63. The Bertz CT molecular complexity index is 172. The van der Waals surface area contributed by atoms with Gasteiger partial charge in [0.05, 0.1) is 0 Å². The van der Waals surface area contributed by atoms with Crippen molar-refractivity contribution >= 4 is 17.4 Å². The second-order valence-electron chi connectivity index (χ2n) is 1.89. The van der Waals surface area contributed by atoms with Crippen LogP contribution in [-0.4, -0.2) is 4.98 Å². The van der Waals surface area contributed by atoms with Gasteiger partial charge in [-0.15, -0.1) is 0 Å². The van der Waals surface area contributed by atoms with Crippen molar-refractivity contribution in [2.45, 2.75) is 6.92 Å². The Kier molecular flexibility index (Phi) is 1.58. The Balaban J connectivity index is 3.17. The van der Waals surface area contributed by atoms with Crippen LogP contribution in [0.5, 0.6) is 0 Å². The van der Waals surface area contributed by atoms with Crippen molar-refractivity contribution < 1.29 is 0 Å². The quantitative estimate of drug-likeness (QED) is 0.560. The summed E-state index contributed by atoms with van der Waals surface area (Å²) in [5.41, 5.74) is 6.40. The van der Waals surface area contributed by atoms with Crippen LogP contribution in [0, 0.1) is 6.92 Å².